The van der Waals surface area contributed by atoms with Crippen molar-refractivity contribution >= 4 is 25.7 Å². The Morgan fingerprint density at radius 3 is 1.56 bits per heavy atom. The first-order chi connectivity index (χ1) is 28.5. The van der Waals surface area contributed by atoms with Crippen LogP contribution in [0, 0.1) is 0 Å². The van der Waals surface area contributed by atoms with Gasteiger partial charge in [0.05, 0.1) is 19.3 Å². The fraction of sp³-hybridized carbons (Fsp3) is 0.543. The molecule has 0 aliphatic carbocycles. The Hall–Kier alpha value is -3.90. The highest BCUT2D eigenvalue weighted by molar-refractivity contribution is 7.47. The second-order valence-corrected chi connectivity index (χ2v) is 15.0. The standard InChI is InChI=1S/C46H72NO11P/c1-3-5-6-7-8-9-10-11-12-13-14-18-21-24-27-30-33-36-44(49)55-38-42(39-56-59(53,54)57-40-43(47)46(51)52)58-45(50)37-34-31-28-25-22-19-16-15-17-20-23-26-29-32-35-41(48)4-2/h8-9,11-12,14,16-20,24-29,32,35,41-43,48H,3-7,10,13,15,21-23,30-31,33-34,36-40,47H2,1-2H3,(H,51,52)(H,53,54)/b9-8-,12-11-,18-14-,19-16-,20-17-,27-24-,28-25-,29-26-,35-32+/t41-,42-,43+/m1/s1. The molecule has 0 fully saturated rings. The van der Waals surface area contributed by atoms with E-state index in [1.54, 1.807) is 6.08 Å². The van der Waals surface area contributed by atoms with Crippen LogP contribution < -0.4 is 5.73 Å². The molecule has 0 radical (unpaired) electrons. The maximum Gasteiger partial charge on any atom is 0.472 e. The molecule has 0 heterocycles. The predicted molar refractivity (Wildman–Crippen MR) is 236 cm³/mol. The second-order valence-electron chi connectivity index (χ2n) is 13.6. The smallest absolute Gasteiger partial charge is 0.472 e. The number of carboxylic acids is 1. The lowest BCUT2D eigenvalue weighted by atomic mass is 10.2. The van der Waals surface area contributed by atoms with Crippen LogP contribution in [0.1, 0.15) is 123 Å². The Morgan fingerprint density at radius 2 is 1.07 bits per heavy atom. The van der Waals surface area contributed by atoms with Crippen LogP contribution in [-0.2, 0) is 37.5 Å². The van der Waals surface area contributed by atoms with Crippen LogP contribution in [0.2, 0.25) is 0 Å². The normalized spacial score (nSPS) is 15.3. The molecule has 0 amide bonds. The molecule has 4 atom stereocenters. The molecule has 5 N–H and O–H groups in total. The minimum atomic E-state index is -4.76. The number of hydrogen-bond donors (Lipinski definition) is 4. The SMILES string of the molecule is CCCCC/C=C\C/C=C\C/C=C\C/C=C\CCCC(=O)OC[C@H](COP(=O)(O)OC[C@H](N)C(=O)O)OC(=O)CCC/C=C\C/C=C\C/C=C\C/C=C\C=C\[C@H](O)CC. The van der Waals surface area contributed by atoms with Crippen LogP contribution in [0.4, 0.5) is 0 Å². The number of rotatable bonds is 37. The van der Waals surface area contributed by atoms with E-state index in [0.29, 0.717) is 32.1 Å². The highest BCUT2D eigenvalue weighted by Crippen LogP contribution is 2.43. The van der Waals surface area contributed by atoms with E-state index in [1.807, 2.05) is 49.5 Å². The summed E-state index contributed by atoms with van der Waals surface area (Å²) in [4.78, 5) is 45.9. The van der Waals surface area contributed by atoms with Gasteiger partial charge in [-0.3, -0.25) is 23.4 Å². The van der Waals surface area contributed by atoms with Gasteiger partial charge >= 0.3 is 25.7 Å². The van der Waals surface area contributed by atoms with Gasteiger partial charge in [0.25, 0.3) is 0 Å². The van der Waals surface area contributed by atoms with Crippen LogP contribution in [0.5, 0.6) is 0 Å². The predicted octanol–water partition coefficient (Wildman–Crippen LogP) is 10.0. The molecule has 0 aromatic rings. The topological polar surface area (TPSA) is 192 Å². The zero-order valence-electron chi connectivity index (χ0n) is 35.4. The zero-order valence-corrected chi connectivity index (χ0v) is 36.3. The molecule has 59 heavy (non-hydrogen) atoms. The van der Waals surface area contributed by atoms with Gasteiger partial charge in [-0.1, -0.05) is 136 Å². The zero-order chi connectivity index (χ0) is 43.7. The van der Waals surface area contributed by atoms with E-state index in [2.05, 4.69) is 72.2 Å². The number of esters is 2. The average molecular weight is 846 g/mol. The number of phosphoric acid groups is 1. The van der Waals surface area contributed by atoms with Gasteiger partial charge < -0.3 is 30.3 Å². The summed E-state index contributed by atoms with van der Waals surface area (Å²) in [6.07, 6.45) is 48.3. The first-order valence-corrected chi connectivity index (χ1v) is 22.5. The molecule has 0 aromatic carbocycles. The molecule has 13 heteroatoms. The van der Waals surface area contributed by atoms with Crippen LogP contribution >= 0.6 is 7.82 Å². The minimum absolute atomic E-state index is 0.0503. The number of aliphatic hydroxyl groups excluding tert-OH is 1. The number of carbonyl (C=O) groups excluding carboxylic acids is 2. The summed E-state index contributed by atoms with van der Waals surface area (Å²) in [5.41, 5.74) is 5.32. The largest absolute Gasteiger partial charge is 0.480 e. The van der Waals surface area contributed by atoms with Gasteiger partial charge in [0, 0.05) is 12.8 Å². The second kappa shape index (κ2) is 39.6. The fourth-order valence-corrected chi connectivity index (χ4v) is 5.47. The van der Waals surface area contributed by atoms with Crippen LogP contribution in [0.25, 0.3) is 0 Å². The molecule has 0 aromatic heterocycles. The third-order valence-corrected chi connectivity index (χ3v) is 9.11. The fourth-order valence-electron chi connectivity index (χ4n) is 4.69. The molecule has 1 unspecified atom stereocenters. The lowest BCUT2D eigenvalue weighted by Gasteiger charge is -2.20. The van der Waals surface area contributed by atoms with E-state index in [9.17, 15) is 28.9 Å². The lowest BCUT2D eigenvalue weighted by Crippen LogP contribution is -2.34. The summed E-state index contributed by atoms with van der Waals surface area (Å²) >= 11 is 0. The summed E-state index contributed by atoms with van der Waals surface area (Å²) in [6.45, 7) is 2.29. The van der Waals surface area contributed by atoms with Crippen LogP contribution in [-0.4, -0.2) is 71.1 Å². The van der Waals surface area contributed by atoms with Crippen molar-refractivity contribution in [2.75, 3.05) is 19.8 Å². The Kier molecular flexibility index (Phi) is 36.9. The van der Waals surface area contributed by atoms with Crippen molar-refractivity contribution in [3.05, 3.63) is 109 Å². The molecule has 332 valence electrons. The Balaban J connectivity index is 4.62. The number of aliphatic hydroxyl groups is 1. The third-order valence-electron chi connectivity index (χ3n) is 8.16. The Labute approximate surface area is 353 Å². The summed E-state index contributed by atoms with van der Waals surface area (Å²) in [7, 11) is -4.76. The van der Waals surface area contributed by atoms with E-state index in [0.717, 1.165) is 44.9 Å². The monoisotopic (exact) mass is 845 g/mol. The van der Waals surface area contributed by atoms with Gasteiger partial charge in [-0.25, -0.2) is 4.57 Å². The molecule has 0 rings (SSSR count). The highest BCUT2D eigenvalue weighted by atomic mass is 31.2. The molecule has 12 nitrogen and oxygen atoms in total. The third kappa shape index (κ3) is 39.3. The van der Waals surface area contributed by atoms with Gasteiger partial charge in [0.2, 0.25) is 0 Å². The first kappa shape index (κ1) is 55.1. The van der Waals surface area contributed by atoms with Crippen molar-refractivity contribution < 1.29 is 52.6 Å². The quantitative estimate of drug-likeness (QED) is 0.0152. The lowest BCUT2D eigenvalue weighted by molar-refractivity contribution is -0.161. The van der Waals surface area contributed by atoms with Gasteiger partial charge in [-0.15, -0.1) is 0 Å². The summed E-state index contributed by atoms with van der Waals surface area (Å²) < 4.78 is 32.5. The van der Waals surface area contributed by atoms with Gasteiger partial charge in [0.15, 0.2) is 6.10 Å². The number of hydrogen-bond acceptors (Lipinski definition) is 10. The molecule has 0 aliphatic rings. The number of carboxylic acid groups (broad SMARTS) is 1. The van der Waals surface area contributed by atoms with E-state index in [1.165, 1.54) is 19.3 Å². The van der Waals surface area contributed by atoms with Crippen molar-refractivity contribution in [2.24, 2.45) is 5.73 Å². The van der Waals surface area contributed by atoms with E-state index >= 15 is 0 Å². The number of unbranched alkanes of at least 4 members (excludes halogenated alkanes) is 5. The minimum Gasteiger partial charge on any atom is -0.480 e. The molecule has 0 spiro atoms. The number of nitrogens with two attached hydrogens (primary N) is 1. The van der Waals surface area contributed by atoms with Crippen molar-refractivity contribution in [2.45, 2.75) is 141 Å². The van der Waals surface area contributed by atoms with E-state index in [-0.39, 0.29) is 12.8 Å². The van der Waals surface area contributed by atoms with Crippen molar-refractivity contribution in [1.82, 2.24) is 0 Å². The maximum absolute atomic E-state index is 12.6. The van der Waals surface area contributed by atoms with E-state index < -0.39 is 63.8 Å². The van der Waals surface area contributed by atoms with Gasteiger partial charge in [0.1, 0.15) is 12.6 Å². The van der Waals surface area contributed by atoms with Gasteiger partial charge in [-0.2, -0.15) is 0 Å². The first-order valence-electron chi connectivity index (χ1n) is 21.0. The van der Waals surface area contributed by atoms with Crippen LogP contribution in [0.15, 0.2) is 109 Å². The summed E-state index contributed by atoms with van der Waals surface area (Å²) in [5, 5.41) is 18.4. The summed E-state index contributed by atoms with van der Waals surface area (Å²) in [6, 6.07) is -1.55. The summed E-state index contributed by atoms with van der Waals surface area (Å²) in [5.74, 6) is -2.57. The number of phosphoric ester groups is 1. The Bertz CT molecular complexity index is 1430. The maximum atomic E-state index is 12.6. The van der Waals surface area contributed by atoms with Crippen molar-refractivity contribution in [3.63, 3.8) is 0 Å². The number of allylic oxidation sites excluding steroid dienone is 17. The molecule has 0 saturated heterocycles. The Morgan fingerprint density at radius 1 is 0.610 bits per heavy atom. The molecular weight excluding hydrogens is 773 g/mol. The van der Waals surface area contributed by atoms with E-state index in [4.69, 9.17) is 24.8 Å². The average Bonchev–Trinajstić information content (AvgIpc) is 3.21. The van der Waals surface area contributed by atoms with Crippen LogP contribution in [0.3, 0.4) is 0 Å². The molecule has 0 bridgehead atoms. The van der Waals surface area contributed by atoms with Crippen molar-refractivity contribution in [1.29, 1.82) is 0 Å². The molecule has 0 aliphatic heterocycles. The highest BCUT2D eigenvalue weighted by Gasteiger charge is 2.28. The van der Waals surface area contributed by atoms with Crippen molar-refractivity contribution in [3.8, 4) is 0 Å². The van der Waals surface area contributed by atoms with Gasteiger partial charge in [-0.05, 0) is 83.5 Å². The number of ether oxygens (including phenoxy) is 2. The molecular formula is C46H72NO11P. The number of aliphatic carboxylic acids is 1. The molecule has 0 saturated carbocycles. The number of carbonyl (C=O) groups is 3.